The molecule has 0 radical (unpaired) electrons. The molecule has 0 atom stereocenters. The second-order valence-electron chi connectivity index (χ2n) is 5.68. The van der Waals surface area contributed by atoms with E-state index in [9.17, 15) is 9.59 Å². The van der Waals surface area contributed by atoms with Crippen LogP contribution in [0.25, 0.3) is 6.08 Å². The molecule has 2 aliphatic heterocycles. The summed E-state index contributed by atoms with van der Waals surface area (Å²) >= 11 is 5.07. The van der Waals surface area contributed by atoms with Crippen LogP contribution in [0, 0.1) is 0 Å². The molecule has 7 heteroatoms. The van der Waals surface area contributed by atoms with E-state index in [1.807, 2.05) is 24.3 Å². The molecule has 0 aliphatic carbocycles. The second-order valence-corrected chi connectivity index (χ2v) is 6.07. The zero-order valence-electron chi connectivity index (χ0n) is 13.7. The highest BCUT2D eigenvalue weighted by Gasteiger charge is 2.32. The topological polar surface area (TPSA) is 61.9 Å². The lowest BCUT2D eigenvalue weighted by Crippen LogP contribution is -2.53. The highest BCUT2D eigenvalue weighted by atomic mass is 32.1. The van der Waals surface area contributed by atoms with Crippen LogP contribution < -0.4 is 10.2 Å². The van der Waals surface area contributed by atoms with Gasteiger partial charge in [0, 0.05) is 25.3 Å². The molecule has 25 heavy (non-hydrogen) atoms. The molecule has 1 aromatic carbocycles. The molecule has 0 saturated carbocycles. The van der Waals surface area contributed by atoms with Gasteiger partial charge in [-0.25, -0.2) is 0 Å². The predicted octanol–water partition coefficient (Wildman–Crippen LogP) is 1.34. The molecule has 6 nitrogen and oxygen atoms in total. The van der Waals surface area contributed by atoms with E-state index in [4.69, 9.17) is 17.0 Å². The largest absolute Gasteiger partial charge is 0.378 e. The molecule has 0 bridgehead atoms. The van der Waals surface area contributed by atoms with E-state index >= 15 is 0 Å². The minimum Gasteiger partial charge on any atom is -0.378 e. The minimum absolute atomic E-state index is 0.0659. The van der Waals surface area contributed by atoms with E-state index in [2.05, 4.69) is 16.8 Å². The first-order valence-electron chi connectivity index (χ1n) is 8.03. The minimum atomic E-state index is -0.480. The van der Waals surface area contributed by atoms with E-state index in [1.54, 1.807) is 12.2 Å². The summed E-state index contributed by atoms with van der Waals surface area (Å²) in [5.74, 6) is -0.891. The number of hydrogen-bond acceptors (Lipinski definition) is 5. The number of anilines is 1. The van der Waals surface area contributed by atoms with Crippen molar-refractivity contribution in [3.8, 4) is 0 Å². The summed E-state index contributed by atoms with van der Waals surface area (Å²) in [5.41, 5.74) is 1.85. The summed E-state index contributed by atoms with van der Waals surface area (Å²) in [6, 6.07) is 7.70. The number of thiocarbonyl (C=S) groups is 1. The Balaban J connectivity index is 1.96. The summed E-state index contributed by atoms with van der Waals surface area (Å²) in [6.07, 6.45) is 3.20. The fraction of sp³-hybridized carbons (Fsp3) is 0.278. The van der Waals surface area contributed by atoms with Crippen LogP contribution in [0.2, 0.25) is 0 Å². The van der Waals surface area contributed by atoms with Crippen LogP contribution >= 0.6 is 12.2 Å². The predicted molar refractivity (Wildman–Crippen MR) is 100 cm³/mol. The standard InChI is InChI=1S/C18H19N3O3S/c1-2-7-21-17(23)14(16(22)19-18(21)25)12-13-5-3-4-6-15(13)20-8-10-24-11-9-20/h2-6,12H,1,7-11H2,(H,19,22,25). The molecule has 0 unspecified atom stereocenters. The van der Waals surface area contributed by atoms with E-state index < -0.39 is 11.8 Å². The van der Waals surface area contributed by atoms with Gasteiger partial charge in [-0.05, 0) is 29.9 Å². The zero-order valence-corrected chi connectivity index (χ0v) is 14.6. The Labute approximate surface area is 151 Å². The molecule has 2 aliphatic rings. The van der Waals surface area contributed by atoms with E-state index in [1.165, 1.54) is 4.90 Å². The smallest absolute Gasteiger partial charge is 0.265 e. The normalized spacial score (nSPS) is 20.0. The number of carbonyl (C=O) groups excluding carboxylic acids is 2. The number of rotatable bonds is 4. The number of nitrogens with zero attached hydrogens (tertiary/aromatic N) is 2. The molecule has 2 saturated heterocycles. The fourth-order valence-electron chi connectivity index (χ4n) is 2.85. The van der Waals surface area contributed by atoms with Crippen molar-refractivity contribution in [2.24, 2.45) is 0 Å². The quantitative estimate of drug-likeness (QED) is 0.381. The maximum Gasteiger partial charge on any atom is 0.265 e. The monoisotopic (exact) mass is 357 g/mol. The molecule has 2 heterocycles. The third kappa shape index (κ3) is 3.62. The molecule has 1 aromatic rings. The van der Waals surface area contributed by atoms with Crippen molar-refractivity contribution in [1.29, 1.82) is 0 Å². The molecular weight excluding hydrogens is 338 g/mol. The van der Waals surface area contributed by atoms with Gasteiger partial charge in [-0.15, -0.1) is 6.58 Å². The SMILES string of the molecule is C=CCN1C(=O)C(=Cc2ccccc2N2CCOCC2)C(=O)NC1=S. The zero-order chi connectivity index (χ0) is 17.8. The van der Waals surface area contributed by atoms with Crippen molar-refractivity contribution in [3.05, 3.63) is 48.1 Å². The van der Waals surface area contributed by atoms with Crippen molar-refractivity contribution in [2.45, 2.75) is 0 Å². The average Bonchev–Trinajstić information content (AvgIpc) is 2.63. The van der Waals surface area contributed by atoms with Crippen LogP contribution in [0.5, 0.6) is 0 Å². The van der Waals surface area contributed by atoms with Gasteiger partial charge >= 0.3 is 0 Å². The van der Waals surface area contributed by atoms with Crippen molar-refractivity contribution in [2.75, 3.05) is 37.7 Å². The number of morpholine rings is 1. The number of amides is 2. The lowest BCUT2D eigenvalue weighted by Gasteiger charge is -2.31. The number of benzene rings is 1. The first-order valence-corrected chi connectivity index (χ1v) is 8.44. The lowest BCUT2D eigenvalue weighted by atomic mass is 10.0. The molecule has 0 aromatic heterocycles. The van der Waals surface area contributed by atoms with Gasteiger partial charge in [0.15, 0.2) is 5.11 Å². The van der Waals surface area contributed by atoms with Crippen molar-refractivity contribution in [3.63, 3.8) is 0 Å². The molecule has 3 rings (SSSR count). The van der Waals surface area contributed by atoms with Gasteiger partial charge in [0.2, 0.25) is 0 Å². The Kier molecular flexibility index (Phi) is 5.25. The second kappa shape index (κ2) is 7.58. The Morgan fingerprint density at radius 1 is 1.24 bits per heavy atom. The molecule has 0 spiro atoms. The van der Waals surface area contributed by atoms with Crippen LogP contribution in [0.1, 0.15) is 5.56 Å². The van der Waals surface area contributed by atoms with Gasteiger partial charge in [-0.2, -0.15) is 0 Å². The summed E-state index contributed by atoms with van der Waals surface area (Å²) < 4.78 is 5.39. The number of nitrogens with one attached hydrogen (secondary N) is 1. The maximum atomic E-state index is 12.7. The van der Waals surface area contributed by atoms with Crippen LogP contribution in [-0.4, -0.2) is 54.7 Å². The van der Waals surface area contributed by atoms with Crippen LogP contribution in [0.3, 0.4) is 0 Å². The van der Waals surface area contributed by atoms with E-state index in [0.29, 0.717) is 13.2 Å². The number of hydrogen-bond donors (Lipinski definition) is 1. The molecule has 2 amide bonds. The maximum absolute atomic E-state index is 12.7. The van der Waals surface area contributed by atoms with Gasteiger partial charge in [0.25, 0.3) is 11.8 Å². The van der Waals surface area contributed by atoms with Crippen molar-refractivity contribution < 1.29 is 14.3 Å². The first-order chi connectivity index (χ1) is 12.1. The number of carbonyl (C=O) groups is 2. The third-order valence-corrected chi connectivity index (χ3v) is 4.41. The Morgan fingerprint density at radius 2 is 1.96 bits per heavy atom. The van der Waals surface area contributed by atoms with E-state index in [-0.39, 0.29) is 17.2 Å². The highest BCUT2D eigenvalue weighted by molar-refractivity contribution is 7.80. The fourth-order valence-corrected chi connectivity index (χ4v) is 3.10. The van der Waals surface area contributed by atoms with Gasteiger partial charge in [-0.1, -0.05) is 24.3 Å². The van der Waals surface area contributed by atoms with Gasteiger partial charge in [0.05, 0.1) is 13.2 Å². The Bertz CT molecular complexity index is 754. The van der Waals surface area contributed by atoms with Gasteiger partial charge < -0.3 is 9.64 Å². The lowest BCUT2D eigenvalue weighted by molar-refractivity contribution is -0.128. The van der Waals surface area contributed by atoms with Crippen LogP contribution in [-0.2, 0) is 14.3 Å². The number of ether oxygens (including phenoxy) is 1. The van der Waals surface area contributed by atoms with E-state index in [0.717, 1.165) is 24.3 Å². The summed E-state index contributed by atoms with van der Waals surface area (Å²) in [4.78, 5) is 28.5. The summed E-state index contributed by atoms with van der Waals surface area (Å²) in [7, 11) is 0. The molecule has 1 N–H and O–H groups in total. The molecule has 130 valence electrons. The summed E-state index contributed by atoms with van der Waals surface area (Å²) in [6.45, 7) is 6.73. The molecule has 2 fully saturated rings. The van der Waals surface area contributed by atoms with Crippen molar-refractivity contribution >= 4 is 40.9 Å². The molecular formula is C18H19N3O3S. The first kappa shape index (κ1) is 17.3. The Hall–Kier alpha value is -2.51. The van der Waals surface area contributed by atoms with Gasteiger partial charge in [0.1, 0.15) is 5.57 Å². The average molecular weight is 357 g/mol. The highest BCUT2D eigenvalue weighted by Crippen LogP contribution is 2.25. The third-order valence-electron chi connectivity index (χ3n) is 4.09. The summed E-state index contributed by atoms with van der Waals surface area (Å²) in [5, 5.41) is 2.67. The van der Waals surface area contributed by atoms with Crippen LogP contribution in [0.4, 0.5) is 5.69 Å². The van der Waals surface area contributed by atoms with Crippen molar-refractivity contribution in [1.82, 2.24) is 10.2 Å². The number of para-hydroxylation sites is 1. The Morgan fingerprint density at radius 3 is 2.68 bits per heavy atom. The van der Waals surface area contributed by atoms with Crippen LogP contribution in [0.15, 0.2) is 42.5 Å². The van der Waals surface area contributed by atoms with Gasteiger partial charge in [-0.3, -0.25) is 19.8 Å².